The molecule has 1 aromatic carbocycles. The van der Waals surface area contributed by atoms with E-state index in [0.29, 0.717) is 17.2 Å². The predicted molar refractivity (Wildman–Crippen MR) is 103 cm³/mol. The zero-order chi connectivity index (χ0) is 21.0. The third-order valence-electron chi connectivity index (χ3n) is 3.78. The molecule has 0 radical (unpaired) electrons. The van der Waals surface area contributed by atoms with Gasteiger partial charge in [-0.25, -0.2) is 4.98 Å². The highest BCUT2D eigenvalue weighted by Crippen LogP contribution is 2.32. The van der Waals surface area contributed by atoms with Gasteiger partial charge in [-0.1, -0.05) is 18.2 Å². The molecule has 0 aliphatic heterocycles. The molecule has 2 aromatic heterocycles. The fourth-order valence-electron chi connectivity index (χ4n) is 2.43. The van der Waals surface area contributed by atoms with Crippen molar-refractivity contribution in [3.8, 4) is 0 Å². The third kappa shape index (κ3) is 5.38. The second-order valence-electron chi connectivity index (χ2n) is 5.99. The van der Waals surface area contributed by atoms with Gasteiger partial charge in [-0.2, -0.15) is 18.3 Å². The molecule has 0 unspecified atom stereocenters. The molecular weight excluding hydrogens is 405 g/mol. The number of nitrogens with one attached hydrogen (secondary N) is 1. The fourth-order valence-corrected chi connectivity index (χ4v) is 3.26. The second-order valence-corrected chi connectivity index (χ2v) is 6.93. The molecule has 1 N–H and O–H groups in total. The smallest absolute Gasteiger partial charge is 0.306 e. The lowest BCUT2D eigenvalue weighted by Gasteiger charge is -2.09. The molecule has 3 aromatic rings. The number of Topliss-reactive ketones (excluding diaryl/α,β-unsaturated/α-hetero) is 1. The van der Waals surface area contributed by atoms with Crippen molar-refractivity contribution in [2.45, 2.75) is 19.6 Å². The van der Waals surface area contributed by atoms with E-state index >= 15 is 0 Å². The highest BCUT2D eigenvalue weighted by molar-refractivity contribution is 7.09. The number of thiazole rings is 1. The Morgan fingerprint density at radius 3 is 2.69 bits per heavy atom. The van der Waals surface area contributed by atoms with Crippen molar-refractivity contribution in [1.29, 1.82) is 0 Å². The van der Waals surface area contributed by atoms with Gasteiger partial charge in [-0.15, -0.1) is 11.3 Å². The summed E-state index contributed by atoms with van der Waals surface area (Å²) in [5, 5.41) is 8.99. The van der Waals surface area contributed by atoms with E-state index in [0.717, 1.165) is 18.2 Å². The maximum atomic E-state index is 13.0. The Morgan fingerprint density at radius 2 is 2.00 bits per heavy atom. The van der Waals surface area contributed by atoms with Crippen molar-refractivity contribution in [2.75, 3.05) is 5.32 Å². The highest BCUT2D eigenvalue weighted by atomic mass is 32.1. The van der Waals surface area contributed by atoms with Gasteiger partial charge in [0.25, 0.3) is 0 Å². The lowest BCUT2D eigenvalue weighted by atomic mass is 10.1. The largest absolute Gasteiger partial charge is 0.416 e. The van der Waals surface area contributed by atoms with Crippen LogP contribution >= 0.6 is 11.3 Å². The number of hydrogen-bond donors (Lipinski definition) is 1. The van der Waals surface area contributed by atoms with Gasteiger partial charge in [0.15, 0.2) is 11.6 Å². The van der Waals surface area contributed by atoms with Crippen LogP contribution in [-0.4, -0.2) is 26.5 Å². The van der Waals surface area contributed by atoms with E-state index in [-0.39, 0.29) is 17.2 Å². The number of nitrogens with zero attached hydrogens (tertiary/aromatic N) is 3. The van der Waals surface area contributed by atoms with Crippen LogP contribution in [0.2, 0.25) is 0 Å². The summed E-state index contributed by atoms with van der Waals surface area (Å²) in [6.07, 6.45) is -0.765. The molecule has 6 nitrogen and oxygen atoms in total. The Labute approximate surface area is 167 Å². The van der Waals surface area contributed by atoms with Crippen LogP contribution in [0.15, 0.2) is 48.0 Å². The van der Waals surface area contributed by atoms with E-state index in [1.165, 1.54) is 41.1 Å². The number of halogens is 3. The van der Waals surface area contributed by atoms with Crippen molar-refractivity contribution in [1.82, 2.24) is 14.8 Å². The summed E-state index contributed by atoms with van der Waals surface area (Å²) < 4.78 is 40.5. The molecule has 3 rings (SSSR count). The number of hydrogen-bond acceptors (Lipinski definition) is 5. The molecule has 1 amide bonds. The minimum absolute atomic E-state index is 0.106. The van der Waals surface area contributed by atoms with Crippen molar-refractivity contribution < 1.29 is 22.8 Å². The van der Waals surface area contributed by atoms with E-state index in [2.05, 4.69) is 15.4 Å². The number of rotatable bonds is 6. The Morgan fingerprint density at radius 1 is 1.24 bits per heavy atom. The van der Waals surface area contributed by atoms with Gasteiger partial charge < -0.3 is 5.32 Å². The van der Waals surface area contributed by atoms with E-state index < -0.39 is 17.6 Å². The average Bonchev–Trinajstić information content (AvgIpc) is 3.29. The predicted octanol–water partition coefficient (Wildman–Crippen LogP) is 4.26. The number of aromatic nitrogens is 3. The normalized spacial score (nSPS) is 11.7. The Hall–Kier alpha value is -3.27. The SMILES string of the molecule is CC(=O)c1csc(Cn2ccc(NC(=O)/C=C\c3ccccc3C(F)(F)F)n2)n1. The maximum Gasteiger partial charge on any atom is 0.416 e. The molecule has 0 aliphatic rings. The van der Waals surface area contributed by atoms with Crippen LogP contribution in [0.5, 0.6) is 0 Å². The maximum absolute atomic E-state index is 13.0. The monoisotopic (exact) mass is 420 g/mol. The zero-order valence-electron chi connectivity index (χ0n) is 15.1. The van der Waals surface area contributed by atoms with Gasteiger partial charge in [0, 0.05) is 30.6 Å². The summed E-state index contributed by atoms with van der Waals surface area (Å²) in [6, 6.07) is 6.54. The molecule has 0 aliphatic carbocycles. The van der Waals surface area contributed by atoms with Crippen LogP contribution in [-0.2, 0) is 17.5 Å². The Bertz CT molecular complexity index is 1070. The van der Waals surface area contributed by atoms with E-state index in [4.69, 9.17) is 0 Å². The van der Waals surface area contributed by atoms with Gasteiger partial charge in [0.2, 0.25) is 5.91 Å². The summed E-state index contributed by atoms with van der Waals surface area (Å²) in [4.78, 5) is 27.5. The molecule has 150 valence electrons. The van der Waals surface area contributed by atoms with Crippen molar-refractivity contribution in [3.63, 3.8) is 0 Å². The number of ketones is 1. The van der Waals surface area contributed by atoms with Gasteiger partial charge >= 0.3 is 6.18 Å². The number of alkyl halides is 3. The topological polar surface area (TPSA) is 76.9 Å². The molecule has 2 heterocycles. The van der Waals surface area contributed by atoms with E-state index in [1.54, 1.807) is 17.6 Å². The number of amides is 1. The summed E-state index contributed by atoms with van der Waals surface area (Å²) in [5.41, 5.74) is -0.539. The van der Waals surface area contributed by atoms with Crippen LogP contribution in [0.25, 0.3) is 6.08 Å². The van der Waals surface area contributed by atoms with Crippen molar-refractivity contribution in [3.05, 3.63) is 69.8 Å². The minimum atomic E-state index is -4.51. The minimum Gasteiger partial charge on any atom is -0.306 e. The first kappa shape index (κ1) is 20.5. The summed E-state index contributed by atoms with van der Waals surface area (Å²) >= 11 is 1.32. The molecule has 0 bridgehead atoms. The highest BCUT2D eigenvalue weighted by Gasteiger charge is 2.32. The molecule has 10 heteroatoms. The quantitative estimate of drug-likeness (QED) is 0.478. The number of carbonyl (C=O) groups excluding carboxylic acids is 2. The first-order chi connectivity index (χ1) is 13.7. The lowest BCUT2D eigenvalue weighted by molar-refractivity contribution is -0.137. The summed E-state index contributed by atoms with van der Waals surface area (Å²) in [5.74, 6) is -0.493. The molecule has 29 heavy (non-hydrogen) atoms. The number of benzene rings is 1. The number of carbonyl (C=O) groups is 2. The third-order valence-corrected chi connectivity index (χ3v) is 4.62. The van der Waals surface area contributed by atoms with Crippen LogP contribution in [0.1, 0.15) is 33.5 Å². The van der Waals surface area contributed by atoms with Gasteiger partial charge in [-0.3, -0.25) is 14.3 Å². The standard InChI is InChI=1S/C19H15F3N4O2S/c1-12(27)15-11-29-18(23-15)10-26-9-8-16(25-26)24-17(28)7-6-13-4-2-3-5-14(13)19(20,21)22/h2-9,11H,10H2,1H3,(H,24,25,28)/b7-6-. The van der Waals surface area contributed by atoms with Gasteiger partial charge in [-0.05, 0) is 17.7 Å². The van der Waals surface area contributed by atoms with Crippen molar-refractivity contribution >= 4 is 34.9 Å². The molecule has 0 saturated heterocycles. The number of anilines is 1. The molecule has 0 saturated carbocycles. The average molecular weight is 420 g/mol. The second kappa shape index (κ2) is 8.39. The van der Waals surface area contributed by atoms with Crippen molar-refractivity contribution in [2.24, 2.45) is 0 Å². The molecule has 0 atom stereocenters. The van der Waals surface area contributed by atoms with Gasteiger partial charge in [0.05, 0.1) is 12.1 Å². The van der Waals surface area contributed by atoms with Gasteiger partial charge in [0.1, 0.15) is 10.7 Å². The van der Waals surface area contributed by atoms with E-state index in [1.807, 2.05) is 0 Å². The molecule has 0 fully saturated rings. The summed E-state index contributed by atoms with van der Waals surface area (Å²) in [6.45, 7) is 1.75. The van der Waals surface area contributed by atoms with Crippen LogP contribution in [0.4, 0.5) is 19.0 Å². The molecule has 0 spiro atoms. The zero-order valence-corrected chi connectivity index (χ0v) is 15.9. The van der Waals surface area contributed by atoms with E-state index in [9.17, 15) is 22.8 Å². The lowest BCUT2D eigenvalue weighted by Crippen LogP contribution is -2.10. The Kier molecular flexibility index (Phi) is 5.92. The first-order valence-corrected chi connectivity index (χ1v) is 9.24. The van der Waals surface area contributed by atoms with Crippen LogP contribution < -0.4 is 5.32 Å². The van der Waals surface area contributed by atoms with Crippen LogP contribution in [0, 0.1) is 0 Å². The van der Waals surface area contributed by atoms with Crippen LogP contribution in [0.3, 0.4) is 0 Å². The summed E-state index contributed by atoms with van der Waals surface area (Å²) in [7, 11) is 0. The first-order valence-electron chi connectivity index (χ1n) is 8.36. The molecular formula is C19H15F3N4O2S. The fraction of sp³-hybridized carbons (Fsp3) is 0.158. The Balaban J connectivity index is 1.63.